The SMILES string of the molecule is C=CCC1(C)C(C)CC2C3CCC(CCCC#N)C3(C)CCC2C1(C)CCC. The number of hydrogen-bond donors (Lipinski definition) is 0. The first-order valence-corrected chi connectivity index (χ1v) is 12.3. The maximum atomic E-state index is 8.96. The van der Waals surface area contributed by atoms with E-state index in [1.807, 2.05) is 0 Å². The Bertz CT molecular complexity index is 602. The van der Waals surface area contributed by atoms with E-state index in [2.05, 4.69) is 53.3 Å². The zero-order valence-corrected chi connectivity index (χ0v) is 19.4. The summed E-state index contributed by atoms with van der Waals surface area (Å²) in [5, 5.41) is 8.96. The molecule has 0 spiro atoms. The predicted molar refractivity (Wildman–Crippen MR) is 120 cm³/mol. The second-order valence-electron chi connectivity index (χ2n) is 11.5. The molecule has 3 aliphatic carbocycles. The van der Waals surface area contributed by atoms with E-state index in [0.29, 0.717) is 16.2 Å². The van der Waals surface area contributed by atoms with Crippen LogP contribution in [0.2, 0.25) is 0 Å². The van der Waals surface area contributed by atoms with Crippen molar-refractivity contribution in [1.82, 2.24) is 0 Å². The average molecular weight is 384 g/mol. The van der Waals surface area contributed by atoms with E-state index in [9.17, 15) is 0 Å². The zero-order valence-electron chi connectivity index (χ0n) is 19.4. The van der Waals surface area contributed by atoms with Gasteiger partial charge in [-0.2, -0.15) is 5.26 Å². The van der Waals surface area contributed by atoms with E-state index in [0.717, 1.165) is 42.4 Å². The standard InChI is InChI=1S/C27H45N/c1-7-15-26(5)20(3)19-22-23-13-12-21(11-9-10-18-28)25(23,4)17-14-24(22)27(26,6)16-8-2/h7,20-24H,1,8-17,19H2,2-6H3. The monoisotopic (exact) mass is 383 g/mol. The Hall–Kier alpha value is -0.770. The lowest BCUT2D eigenvalue weighted by molar-refractivity contribution is -0.163. The molecule has 1 heteroatoms. The van der Waals surface area contributed by atoms with Gasteiger partial charge in [0.15, 0.2) is 0 Å². The fraction of sp³-hybridized carbons (Fsp3) is 0.889. The molecule has 28 heavy (non-hydrogen) atoms. The third kappa shape index (κ3) is 3.18. The van der Waals surface area contributed by atoms with Gasteiger partial charge in [0.05, 0.1) is 6.07 Å². The molecule has 0 N–H and O–H groups in total. The summed E-state index contributed by atoms with van der Waals surface area (Å²) in [6, 6.07) is 2.36. The molecule has 3 rings (SSSR count). The fourth-order valence-corrected chi connectivity index (χ4v) is 8.80. The molecule has 1 nitrogen and oxygen atoms in total. The second kappa shape index (κ2) is 8.16. The van der Waals surface area contributed by atoms with Crippen LogP contribution in [-0.4, -0.2) is 0 Å². The molecule has 0 aromatic heterocycles. The van der Waals surface area contributed by atoms with Crippen LogP contribution < -0.4 is 0 Å². The number of nitriles is 1. The van der Waals surface area contributed by atoms with Crippen molar-refractivity contribution in [3.63, 3.8) is 0 Å². The number of hydrogen-bond acceptors (Lipinski definition) is 1. The van der Waals surface area contributed by atoms with Crippen molar-refractivity contribution >= 4 is 0 Å². The third-order valence-corrected chi connectivity index (χ3v) is 10.6. The first-order valence-electron chi connectivity index (χ1n) is 12.3. The van der Waals surface area contributed by atoms with E-state index in [4.69, 9.17) is 5.26 Å². The lowest BCUT2D eigenvalue weighted by Crippen LogP contribution is -2.58. The van der Waals surface area contributed by atoms with Crippen LogP contribution in [0.1, 0.15) is 105 Å². The smallest absolute Gasteiger partial charge is 0.0621 e. The minimum Gasteiger partial charge on any atom is -0.198 e. The minimum absolute atomic E-state index is 0.393. The van der Waals surface area contributed by atoms with Crippen molar-refractivity contribution < 1.29 is 0 Å². The molecule has 0 aromatic carbocycles. The Morgan fingerprint density at radius 3 is 2.50 bits per heavy atom. The van der Waals surface area contributed by atoms with Crippen molar-refractivity contribution in [1.29, 1.82) is 5.26 Å². The first kappa shape index (κ1) is 21.9. The Morgan fingerprint density at radius 2 is 1.86 bits per heavy atom. The van der Waals surface area contributed by atoms with Crippen molar-refractivity contribution in [2.75, 3.05) is 0 Å². The highest BCUT2D eigenvalue weighted by molar-refractivity contribution is 5.13. The van der Waals surface area contributed by atoms with Gasteiger partial charge in [0, 0.05) is 6.42 Å². The summed E-state index contributed by atoms with van der Waals surface area (Å²) < 4.78 is 0. The molecule has 8 atom stereocenters. The fourth-order valence-electron chi connectivity index (χ4n) is 8.80. The van der Waals surface area contributed by atoms with E-state index in [1.54, 1.807) is 0 Å². The topological polar surface area (TPSA) is 23.8 Å². The van der Waals surface area contributed by atoms with Crippen molar-refractivity contribution in [2.45, 2.75) is 105 Å². The van der Waals surface area contributed by atoms with Crippen molar-refractivity contribution in [3.05, 3.63) is 12.7 Å². The quantitative estimate of drug-likeness (QED) is 0.321. The molecule has 0 amide bonds. The van der Waals surface area contributed by atoms with Gasteiger partial charge >= 0.3 is 0 Å². The van der Waals surface area contributed by atoms with Crippen LogP contribution in [0.5, 0.6) is 0 Å². The summed E-state index contributed by atoms with van der Waals surface area (Å²) >= 11 is 0. The summed E-state index contributed by atoms with van der Waals surface area (Å²) in [6.45, 7) is 17.0. The number of rotatable bonds is 7. The van der Waals surface area contributed by atoms with E-state index in [-0.39, 0.29) is 0 Å². The van der Waals surface area contributed by atoms with E-state index in [1.165, 1.54) is 57.8 Å². The average Bonchev–Trinajstić information content (AvgIpc) is 2.98. The highest BCUT2D eigenvalue weighted by atomic mass is 14.7. The van der Waals surface area contributed by atoms with Gasteiger partial charge in [-0.3, -0.25) is 0 Å². The Labute approximate surface area is 175 Å². The lowest BCUT2D eigenvalue weighted by atomic mass is 9.39. The van der Waals surface area contributed by atoms with E-state index < -0.39 is 0 Å². The van der Waals surface area contributed by atoms with Crippen LogP contribution in [-0.2, 0) is 0 Å². The number of nitrogens with zero attached hydrogens (tertiary/aromatic N) is 1. The first-order chi connectivity index (χ1) is 13.3. The largest absolute Gasteiger partial charge is 0.198 e. The van der Waals surface area contributed by atoms with Gasteiger partial charge in [0.25, 0.3) is 0 Å². The summed E-state index contributed by atoms with van der Waals surface area (Å²) in [6.07, 6.45) is 16.3. The predicted octanol–water partition coefficient (Wildman–Crippen LogP) is 8.17. The van der Waals surface area contributed by atoms with Crippen LogP contribution in [0.25, 0.3) is 0 Å². The molecule has 0 heterocycles. The minimum atomic E-state index is 0.393. The van der Waals surface area contributed by atoms with Gasteiger partial charge in [0.2, 0.25) is 0 Å². The Balaban J connectivity index is 1.89. The molecular weight excluding hydrogens is 338 g/mol. The zero-order chi connectivity index (χ0) is 20.6. The van der Waals surface area contributed by atoms with Gasteiger partial charge < -0.3 is 0 Å². The summed E-state index contributed by atoms with van der Waals surface area (Å²) in [7, 11) is 0. The summed E-state index contributed by atoms with van der Waals surface area (Å²) in [5.41, 5.74) is 1.37. The molecule has 0 radical (unpaired) electrons. The highest BCUT2D eigenvalue weighted by Crippen LogP contribution is 2.71. The van der Waals surface area contributed by atoms with Crippen LogP contribution in [0.3, 0.4) is 0 Å². The third-order valence-electron chi connectivity index (χ3n) is 10.6. The van der Waals surface area contributed by atoms with Crippen molar-refractivity contribution in [2.24, 2.45) is 45.8 Å². The van der Waals surface area contributed by atoms with Gasteiger partial charge in [-0.25, -0.2) is 0 Å². The van der Waals surface area contributed by atoms with Gasteiger partial charge in [0.1, 0.15) is 0 Å². The lowest BCUT2D eigenvalue weighted by Gasteiger charge is -2.65. The number of unbranched alkanes of at least 4 members (excludes halogenated alkanes) is 1. The van der Waals surface area contributed by atoms with Gasteiger partial charge in [-0.1, -0.05) is 47.1 Å². The van der Waals surface area contributed by atoms with Crippen molar-refractivity contribution in [3.8, 4) is 6.07 Å². The normalized spacial score (nSPS) is 47.8. The van der Waals surface area contributed by atoms with Crippen LogP contribution in [0.4, 0.5) is 0 Å². The molecule has 0 aromatic rings. The van der Waals surface area contributed by atoms with Crippen LogP contribution >= 0.6 is 0 Å². The maximum Gasteiger partial charge on any atom is 0.0621 e. The summed E-state index contributed by atoms with van der Waals surface area (Å²) in [4.78, 5) is 0. The molecule has 0 bridgehead atoms. The molecule has 158 valence electrons. The van der Waals surface area contributed by atoms with Crippen LogP contribution in [0.15, 0.2) is 12.7 Å². The Morgan fingerprint density at radius 1 is 1.11 bits per heavy atom. The van der Waals surface area contributed by atoms with Gasteiger partial charge in [-0.05, 0) is 104 Å². The second-order valence-corrected chi connectivity index (χ2v) is 11.5. The molecule has 3 saturated carbocycles. The Kier molecular flexibility index (Phi) is 6.39. The molecule has 8 unspecified atom stereocenters. The molecular formula is C27H45N. The number of allylic oxidation sites excluding steroid dienone is 1. The molecule has 3 aliphatic rings. The van der Waals surface area contributed by atoms with Gasteiger partial charge in [-0.15, -0.1) is 6.58 Å². The maximum absolute atomic E-state index is 8.96. The molecule has 3 fully saturated rings. The van der Waals surface area contributed by atoms with Crippen LogP contribution in [0, 0.1) is 57.2 Å². The molecule has 0 saturated heterocycles. The molecule has 0 aliphatic heterocycles. The number of fused-ring (bicyclic) bond motifs is 3. The summed E-state index contributed by atoms with van der Waals surface area (Å²) in [5.74, 6) is 4.38. The highest BCUT2D eigenvalue weighted by Gasteiger charge is 2.63. The van der Waals surface area contributed by atoms with E-state index >= 15 is 0 Å².